The number of rotatable bonds is 7. The van der Waals surface area contributed by atoms with Crippen LogP contribution in [0.1, 0.15) is 46.6 Å². The molecule has 0 fully saturated rings. The van der Waals surface area contributed by atoms with Crippen molar-refractivity contribution in [2.24, 2.45) is 0 Å². The van der Waals surface area contributed by atoms with Gasteiger partial charge in [-0.3, -0.25) is 14.2 Å². The Hall–Kier alpha value is -2.73. The Morgan fingerprint density at radius 3 is 2.59 bits per heavy atom. The Balaban J connectivity index is 1.71. The molecule has 0 amide bonds. The Morgan fingerprint density at radius 1 is 1.22 bits per heavy atom. The van der Waals surface area contributed by atoms with E-state index in [2.05, 4.69) is 4.98 Å². The van der Waals surface area contributed by atoms with Crippen LogP contribution >= 0.6 is 11.3 Å². The fraction of sp³-hybridized carbons (Fsp3) is 0.286. The van der Waals surface area contributed by atoms with E-state index in [1.165, 1.54) is 11.3 Å². The molecular formula is C21H22N2O3S. The molecule has 1 aromatic carbocycles. The third-order valence-electron chi connectivity index (χ3n) is 4.58. The highest BCUT2D eigenvalue weighted by Gasteiger charge is 2.23. The first-order valence-corrected chi connectivity index (χ1v) is 9.74. The van der Waals surface area contributed by atoms with Crippen molar-refractivity contribution in [2.45, 2.75) is 33.1 Å². The molecule has 0 aliphatic carbocycles. The first kappa shape index (κ1) is 19.0. The second kappa shape index (κ2) is 8.31. The zero-order valence-corrected chi connectivity index (χ0v) is 16.5. The molecule has 2 heterocycles. The summed E-state index contributed by atoms with van der Waals surface area (Å²) in [5, 5.41) is 2.71. The first-order chi connectivity index (χ1) is 13.0. The van der Waals surface area contributed by atoms with Crippen molar-refractivity contribution in [3.05, 3.63) is 70.5 Å². The van der Waals surface area contributed by atoms with Crippen molar-refractivity contribution in [1.29, 1.82) is 0 Å². The number of nitrogens with zero attached hydrogens (tertiary/aromatic N) is 2. The largest absolute Gasteiger partial charge is 0.457 e. The number of aromatic nitrogens is 2. The molecule has 0 bridgehead atoms. The number of carbonyl (C=O) groups excluding carboxylic acids is 2. The summed E-state index contributed by atoms with van der Waals surface area (Å²) in [5.41, 5.74) is 3.19. The van der Waals surface area contributed by atoms with Crippen LogP contribution < -0.4 is 0 Å². The van der Waals surface area contributed by atoms with Crippen LogP contribution in [0.15, 0.2) is 48.0 Å². The SMILES string of the molecule is CC[C@@H](C(=O)OCC(=O)c1cc(C)n(-c2nccs2)c1C)c1ccccc1. The molecule has 0 saturated carbocycles. The molecule has 5 nitrogen and oxygen atoms in total. The van der Waals surface area contributed by atoms with Crippen molar-refractivity contribution >= 4 is 23.1 Å². The van der Waals surface area contributed by atoms with Crippen LogP contribution in [0, 0.1) is 13.8 Å². The summed E-state index contributed by atoms with van der Waals surface area (Å²) in [4.78, 5) is 29.4. The van der Waals surface area contributed by atoms with Gasteiger partial charge in [-0.05, 0) is 31.9 Å². The number of ether oxygens (including phenoxy) is 1. The van der Waals surface area contributed by atoms with Crippen LogP contribution in [0.2, 0.25) is 0 Å². The zero-order valence-electron chi connectivity index (χ0n) is 15.6. The highest BCUT2D eigenvalue weighted by molar-refractivity contribution is 7.12. The van der Waals surface area contributed by atoms with E-state index < -0.39 is 0 Å². The molecule has 0 aliphatic heterocycles. The Kier molecular flexibility index (Phi) is 5.86. The summed E-state index contributed by atoms with van der Waals surface area (Å²) >= 11 is 1.51. The van der Waals surface area contributed by atoms with Gasteiger partial charge in [-0.1, -0.05) is 37.3 Å². The van der Waals surface area contributed by atoms with Crippen molar-refractivity contribution in [2.75, 3.05) is 6.61 Å². The van der Waals surface area contributed by atoms with Crippen LogP contribution in [0.25, 0.3) is 5.13 Å². The second-order valence-corrected chi connectivity index (χ2v) is 7.21. The standard InChI is InChI=1S/C21H22N2O3S/c1-4-17(16-8-6-5-7-9-16)20(25)26-13-19(24)18-12-14(2)23(15(18)3)21-22-10-11-27-21/h5-12,17H,4,13H2,1-3H3/t17-/m1/s1. The quantitative estimate of drug-likeness (QED) is 0.447. The van der Waals surface area contributed by atoms with E-state index in [1.54, 1.807) is 6.20 Å². The maximum Gasteiger partial charge on any atom is 0.313 e. The second-order valence-electron chi connectivity index (χ2n) is 6.34. The predicted molar refractivity (Wildman–Crippen MR) is 106 cm³/mol. The lowest BCUT2D eigenvalue weighted by molar-refractivity contribution is -0.144. The molecule has 0 radical (unpaired) electrons. The zero-order chi connectivity index (χ0) is 19.4. The number of Topliss-reactive ketones (excluding diaryl/α,β-unsaturated/α-hetero) is 1. The summed E-state index contributed by atoms with van der Waals surface area (Å²) in [7, 11) is 0. The lowest BCUT2D eigenvalue weighted by atomic mass is 9.97. The Labute approximate surface area is 162 Å². The van der Waals surface area contributed by atoms with Gasteiger partial charge in [0, 0.05) is 28.5 Å². The molecule has 0 spiro atoms. The smallest absolute Gasteiger partial charge is 0.313 e. The molecule has 3 aromatic rings. The monoisotopic (exact) mass is 382 g/mol. The van der Waals surface area contributed by atoms with Crippen LogP contribution in [0.5, 0.6) is 0 Å². The minimum absolute atomic E-state index is 0.206. The number of benzene rings is 1. The van der Waals surface area contributed by atoms with E-state index in [9.17, 15) is 9.59 Å². The average molecular weight is 382 g/mol. The van der Waals surface area contributed by atoms with Crippen molar-refractivity contribution in [1.82, 2.24) is 9.55 Å². The molecule has 0 N–H and O–H groups in total. The predicted octanol–water partition coefficient (Wildman–Crippen LogP) is 4.47. The fourth-order valence-corrected chi connectivity index (χ4v) is 3.96. The number of hydrogen-bond acceptors (Lipinski definition) is 5. The normalized spacial score (nSPS) is 12.0. The molecule has 3 rings (SSSR count). The first-order valence-electron chi connectivity index (χ1n) is 8.86. The van der Waals surface area contributed by atoms with Crippen LogP contribution in [-0.2, 0) is 9.53 Å². The van der Waals surface area contributed by atoms with E-state index in [0.717, 1.165) is 22.1 Å². The van der Waals surface area contributed by atoms with Crippen molar-refractivity contribution < 1.29 is 14.3 Å². The molecule has 2 aromatic heterocycles. The van der Waals surface area contributed by atoms with Gasteiger partial charge in [-0.2, -0.15) is 0 Å². The van der Waals surface area contributed by atoms with Gasteiger partial charge in [-0.25, -0.2) is 4.98 Å². The topological polar surface area (TPSA) is 61.2 Å². The van der Waals surface area contributed by atoms with Gasteiger partial charge < -0.3 is 4.74 Å². The van der Waals surface area contributed by atoms with Crippen molar-refractivity contribution in [3.63, 3.8) is 0 Å². The third-order valence-corrected chi connectivity index (χ3v) is 5.34. The summed E-state index contributed by atoms with van der Waals surface area (Å²) in [6.07, 6.45) is 2.35. The van der Waals surface area contributed by atoms with E-state index in [0.29, 0.717) is 12.0 Å². The summed E-state index contributed by atoms with van der Waals surface area (Å²) in [6.45, 7) is 5.48. The van der Waals surface area contributed by atoms with Gasteiger partial charge in [0.25, 0.3) is 0 Å². The number of esters is 1. The molecule has 0 aliphatic rings. The highest BCUT2D eigenvalue weighted by atomic mass is 32.1. The summed E-state index contributed by atoms with van der Waals surface area (Å²) in [6, 6.07) is 11.3. The van der Waals surface area contributed by atoms with E-state index >= 15 is 0 Å². The van der Waals surface area contributed by atoms with Gasteiger partial charge in [0.05, 0.1) is 5.92 Å². The van der Waals surface area contributed by atoms with Crippen molar-refractivity contribution in [3.8, 4) is 5.13 Å². The number of hydrogen-bond donors (Lipinski definition) is 0. The number of carbonyl (C=O) groups is 2. The fourth-order valence-electron chi connectivity index (χ4n) is 3.20. The number of ketones is 1. The minimum Gasteiger partial charge on any atom is -0.457 e. The summed E-state index contributed by atoms with van der Waals surface area (Å²) < 4.78 is 7.29. The minimum atomic E-state index is -0.370. The molecular weight excluding hydrogens is 360 g/mol. The summed E-state index contributed by atoms with van der Waals surface area (Å²) in [5.74, 6) is -0.935. The number of thiazole rings is 1. The van der Waals surface area contributed by atoms with Crippen LogP contribution in [0.3, 0.4) is 0 Å². The van der Waals surface area contributed by atoms with Crippen LogP contribution in [-0.4, -0.2) is 27.9 Å². The maximum absolute atomic E-state index is 12.6. The van der Waals surface area contributed by atoms with Gasteiger partial charge >= 0.3 is 5.97 Å². The lowest BCUT2D eigenvalue weighted by Gasteiger charge is -2.14. The van der Waals surface area contributed by atoms with E-state index in [1.807, 2.05) is 67.1 Å². The van der Waals surface area contributed by atoms with Crippen LogP contribution in [0.4, 0.5) is 0 Å². The molecule has 0 saturated heterocycles. The molecule has 6 heteroatoms. The van der Waals surface area contributed by atoms with Gasteiger partial charge in [0.2, 0.25) is 5.78 Å². The van der Waals surface area contributed by atoms with E-state index in [-0.39, 0.29) is 24.3 Å². The molecule has 0 unspecified atom stereocenters. The van der Waals surface area contributed by atoms with E-state index in [4.69, 9.17) is 4.74 Å². The maximum atomic E-state index is 12.6. The highest BCUT2D eigenvalue weighted by Crippen LogP contribution is 2.24. The van der Waals surface area contributed by atoms with Gasteiger partial charge in [0.15, 0.2) is 11.7 Å². The average Bonchev–Trinajstić information content (AvgIpc) is 3.29. The molecule has 27 heavy (non-hydrogen) atoms. The van der Waals surface area contributed by atoms with Gasteiger partial charge in [-0.15, -0.1) is 11.3 Å². The third kappa shape index (κ3) is 4.01. The molecule has 1 atom stereocenters. The van der Waals surface area contributed by atoms with Gasteiger partial charge in [0.1, 0.15) is 0 Å². The lowest BCUT2D eigenvalue weighted by Crippen LogP contribution is -2.20. The number of aryl methyl sites for hydroxylation is 1. The molecule has 140 valence electrons. The Bertz CT molecular complexity index is 930. The Morgan fingerprint density at radius 2 is 1.96 bits per heavy atom.